The highest BCUT2D eigenvalue weighted by atomic mass is 35.5. The number of nitrogens with one attached hydrogen (secondary N) is 2. The van der Waals surface area contributed by atoms with Crippen LogP contribution >= 0.6 is 11.6 Å². The lowest BCUT2D eigenvalue weighted by Crippen LogP contribution is -2.20. The molecule has 3 rings (SSSR count). The fourth-order valence-electron chi connectivity index (χ4n) is 2.91. The van der Waals surface area contributed by atoms with E-state index in [0.29, 0.717) is 36.1 Å². The Kier molecular flexibility index (Phi) is 8.61. The van der Waals surface area contributed by atoms with Crippen molar-refractivity contribution in [3.8, 4) is 17.2 Å². The van der Waals surface area contributed by atoms with Crippen LogP contribution in [0.2, 0.25) is 5.02 Å². The highest BCUT2D eigenvalue weighted by Gasteiger charge is 2.17. The summed E-state index contributed by atoms with van der Waals surface area (Å²) in [5, 5.41) is 2.76. The molecule has 0 aliphatic carbocycles. The summed E-state index contributed by atoms with van der Waals surface area (Å²) in [5.41, 5.74) is 0.968. The van der Waals surface area contributed by atoms with E-state index in [1.165, 1.54) is 18.2 Å². The number of rotatable bonds is 11. The van der Waals surface area contributed by atoms with Gasteiger partial charge in [0.1, 0.15) is 17.2 Å². The second-order valence-electron chi connectivity index (χ2n) is 6.95. The van der Waals surface area contributed by atoms with Gasteiger partial charge in [-0.3, -0.25) is 9.52 Å². The standard InChI is InChI=1S/C24H25ClN2O6S/c1-3-31-19-9-5-17(6-10-19)26-24(28)16-33-23-14-13-21(15-22(23)25)34(29,30)27-18-7-11-20(12-8-18)32-4-2/h5-15,27H,3-4,16H2,1-2H3,(H,26,28). The third kappa shape index (κ3) is 7.03. The van der Waals surface area contributed by atoms with Crippen molar-refractivity contribution in [3.05, 3.63) is 71.8 Å². The first kappa shape index (κ1) is 25.2. The number of carbonyl (C=O) groups is 1. The first-order valence-corrected chi connectivity index (χ1v) is 12.4. The number of hydrogen-bond acceptors (Lipinski definition) is 6. The van der Waals surface area contributed by atoms with Crippen LogP contribution in [0.5, 0.6) is 17.2 Å². The van der Waals surface area contributed by atoms with E-state index in [2.05, 4.69) is 10.0 Å². The lowest BCUT2D eigenvalue weighted by Gasteiger charge is -2.12. The fraction of sp³-hybridized carbons (Fsp3) is 0.208. The average Bonchev–Trinajstić information content (AvgIpc) is 2.81. The number of amides is 1. The van der Waals surface area contributed by atoms with Crippen molar-refractivity contribution < 1.29 is 27.4 Å². The van der Waals surface area contributed by atoms with E-state index in [-0.39, 0.29) is 22.3 Å². The zero-order chi connectivity index (χ0) is 24.6. The molecule has 0 bridgehead atoms. The van der Waals surface area contributed by atoms with E-state index < -0.39 is 15.9 Å². The maximum Gasteiger partial charge on any atom is 0.262 e. The monoisotopic (exact) mass is 504 g/mol. The maximum absolute atomic E-state index is 12.7. The maximum atomic E-state index is 12.7. The number of benzene rings is 3. The first-order valence-electron chi connectivity index (χ1n) is 10.5. The SMILES string of the molecule is CCOc1ccc(NC(=O)COc2ccc(S(=O)(=O)Nc3ccc(OCC)cc3)cc2Cl)cc1. The van der Waals surface area contributed by atoms with E-state index >= 15 is 0 Å². The Morgan fingerprint density at radius 3 is 1.91 bits per heavy atom. The predicted octanol–water partition coefficient (Wildman–Crippen LogP) is 4.96. The molecule has 3 aromatic carbocycles. The number of sulfonamides is 1. The lowest BCUT2D eigenvalue weighted by atomic mass is 10.3. The van der Waals surface area contributed by atoms with Gasteiger partial charge in [0, 0.05) is 11.4 Å². The smallest absolute Gasteiger partial charge is 0.262 e. The molecule has 1 amide bonds. The summed E-state index contributed by atoms with van der Waals surface area (Å²) < 4.78 is 44.0. The molecule has 0 heterocycles. The second kappa shape index (κ2) is 11.6. The molecule has 0 spiro atoms. The van der Waals surface area contributed by atoms with Crippen LogP contribution in [0.15, 0.2) is 71.6 Å². The molecule has 8 nitrogen and oxygen atoms in total. The van der Waals surface area contributed by atoms with Gasteiger partial charge in [-0.05, 0) is 80.6 Å². The molecular formula is C24H25ClN2O6S. The lowest BCUT2D eigenvalue weighted by molar-refractivity contribution is -0.118. The number of hydrogen-bond donors (Lipinski definition) is 2. The average molecular weight is 505 g/mol. The molecule has 0 unspecified atom stereocenters. The Balaban J connectivity index is 1.58. The molecule has 3 aromatic rings. The van der Waals surface area contributed by atoms with E-state index in [9.17, 15) is 13.2 Å². The molecule has 10 heteroatoms. The van der Waals surface area contributed by atoms with Crippen molar-refractivity contribution in [3.63, 3.8) is 0 Å². The molecule has 180 valence electrons. The Hall–Kier alpha value is -3.43. The molecule has 0 saturated heterocycles. The minimum absolute atomic E-state index is 0.0439. The number of anilines is 2. The molecule has 34 heavy (non-hydrogen) atoms. The quantitative estimate of drug-likeness (QED) is 0.383. The normalized spacial score (nSPS) is 10.9. The van der Waals surface area contributed by atoms with E-state index in [0.717, 1.165) is 0 Å². The Bertz CT molecular complexity index is 1220. The van der Waals surface area contributed by atoms with Crippen molar-refractivity contribution in [2.24, 2.45) is 0 Å². The van der Waals surface area contributed by atoms with Gasteiger partial charge in [-0.15, -0.1) is 0 Å². The van der Waals surface area contributed by atoms with Gasteiger partial charge in [-0.1, -0.05) is 11.6 Å². The molecular weight excluding hydrogens is 480 g/mol. The van der Waals surface area contributed by atoms with Crippen LogP contribution in [-0.4, -0.2) is 34.1 Å². The van der Waals surface area contributed by atoms with Crippen LogP contribution in [-0.2, 0) is 14.8 Å². The minimum atomic E-state index is -3.88. The zero-order valence-corrected chi connectivity index (χ0v) is 20.3. The highest BCUT2D eigenvalue weighted by Crippen LogP contribution is 2.28. The van der Waals surface area contributed by atoms with Crippen LogP contribution in [0.3, 0.4) is 0 Å². The largest absolute Gasteiger partial charge is 0.494 e. The van der Waals surface area contributed by atoms with Gasteiger partial charge in [0.15, 0.2) is 6.61 Å². The Morgan fingerprint density at radius 2 is 1.38 bits per heavy atom. The third-order valence-electron chi connectivity index (χ3n) is 4.44. The summed E-state index contributed by atoms with van der Waals surface area (Å²) >= 11 is 6.21. The van der Waals surface area contributed by atoms with Gasteiger partial charge < -0.3 is 19.5 Å². The summed E-state index contributed by atoms with van der Waals surface area (Å²) in [6.45, 7) is 4.52. The summed E-state index contributed by atoms with van der Waals surface area (Å²) in [6.07, 6.45) is 0. The van der Waals surface area contributed by atoms with Crippen LogP contribution in [0, 0.1) is 0 Å². The third-order valence-corrected chi connectivity index (χ3v) is 6.11. The summed E-state index contributed by atoms with van der Waals surface area (Å²) in [7, 11) is -3.88. The van der Waals surface area contributed by atoms with Gasteiger partial charge in [-0.2, -0.15) is 0 Å². The van der Waals surface area contributed by atoms with Crippen LogP contribution in [0.25, 0.3) is 0 Å². The van der Waals surface area contributed by atoms with Gasteiger partial charge in [0.25, 0.3) is 15.9 Å². The van der Waals surface area contributed by atoms with Crippen molar-refractivity contribution in [1.82, 2.24) is 0 Å². The van der Waals surface area contributed by atoms with Crippen LogP contribution in [0.4, 0.5) is 11.4 Å². The molecule has 0 aliphatic rings. The Labute approximate surface area is 203 Å². The van der Waals surface area contributed by atoms with Gasteiger partial charge >= 0.3 is 0 Å². The molecule has 0 fully saturated rings. The number of carbonyl (C=O) groups excluding carboxylic acids is 1. The van der Waals surface area contributed by atoms with Crippen molar-refractivity contribution >= 4 is 38.9 Å². The molecule has 0 atom stereocenters. The first-order chi connectivity index (χ1) is 16.3. The number of ether oxygens (including phenoxy) is 3. The zero-order valence-electron chi connectivity index (χ0n) is 18.7. The molecule has 0 radical (unpaired) electrons. The number of halogens is 1. The van der Waals surface area contributed by atoms with E-state index in [4.69, 9.17) is 25.8 Å². The topological polar surface area (TPSA) is 103 Å². The summed E-state index contributed by atoms with van der Waals surface area (Å²) in [4.78, 5) is 12.1. The predicted molar refractivity (Wildman–Crippen MR) is 132 cm³/mol. The van der Waals surface area contributed by atoms with E-state index in [1.807, 2.05) is 13.8 Å². The van der Waals surface area contributed by atoms with Gasteiger partial charge in [0.2, 0.25) is 0 Å². The molecule has 2 N–H and O–H groups in total. The second-order valence-corrected chi connectivity index (χ2v) is 9.04. The van der Waals surface area contributed by atoms with Crippen molar-refractivity contribution in [1.29, 1.82) is 0 Å². The van der Waals surface area contributed by atoms with E-state index in [1.54, 1.807) is 48.5 Å². The fourth-order valence-corrected chi connectivity index (χ4v) is 4.29. The van der Waals surface area contributed by atoms with Crippen LogP contribution < -0.4 is 24.2 Å². The van der Waals surface area contributed by atoms with Crippen molar-refractivity contribution in [2.45, 2.75) is 18.7 Å². The van der Waals surface area contributed by atoms with Crippen molar-refractivity contribution in [2.75, 3.05) is 29.9 Å². The molecule has 0 saturated carbocycles. The summed E-state index contributed by atoms with van der Waals surface area (Å²) in [6, 6.07) is 17.5. The Morgan fingerprint density at radius 1 is 0.824 bits per heavy atom. The van der Waals surface area contributed by atoms with Gasteiger partial charge in [0.05, 0.1) is 23.1 Å². The highest BCUT2D eigenvalue weighted by molar-refractivity contribution is 7.92. The molecule has 0 aromatic heterocycles. The van der Waals surface area contributed by atoms with Gasteiger partial charge in [-0.25, -0.2) is 8.42 Å². The molecule has 0 aliphatic heterocycles. The summed E-state index contributed by atoms with van der Waals surface area (Å²) in [5.74, 6) is 1.13. The van der Waals surface area contributed by atoms with Crippen LogP contribution in [0.1, 0.15) is 13.8 Å². The minimum Gasteiger partial charge on any atom is -0.494 e.